The number of para-hydroxylation sites is 1. The van der Waals surface area contributed by atoms with Gasteiger partial charge in [0.25, 0.3) is 5.91 Å². The topological polar surface area (TPSA) is 91.8 Å². The number of pyridine rings is 1. The van der Waals surface area contributed by atoms with Crippen LogP contribution in [0.2, 0.25) is 0 Å². The van der Waals surface area contributed by atoms with Crippen LogP contribution >= 0.6 is 0 Å². The van der Waals surface area contributed by atoms with Gasteiger partial charge in [-0.3, -0.25) is 4.79 Å². The number of carbonyl (C=O) groups excluding carboxylic acids is 1. The lowest BCUT2D eigenvalue weighted by Crippen LogP contribution is -2.54. The number of aliphatic carboxylic acids is 1. The molecular formula is C19H21N3O4. The van der Waals surface area contributed by atoms with E-state index >= 15 is 0 Å². The molecule has 0 bridgehead atoms. The number of amides is 1. The minimum atomic E-state index is -1.32. The summed E-state index contributed by atoms with van der Waals surface area (Å²) >= 11 is 0. The Morgan fingerprint density at radius 3 is 2.46 bits per heavy atom. The van der Waals surface area contributed by atoms with Crippen molar-refractivity contribution in [3.05, 3.63) is 54.2 Å². The summed E-state index contributed by atoms with van der Waals surface area (Å²) in [7, 11) is 1.71. The van der Waals surface area contributed by atoms with Gasteiger partial charge in [-0.2, -0.15) is 0 Å². The number of anilines is 1. The van der Waals surface area contributed by atoms with Crippen LogP contribution in [0.1, 0.15) is 23.2 Å². The van der Waals surface area contributed by atoms with Crippen LogP contribution in [0, 0.1) is 0 Å². The SMILES string of the molecule is CNc1ncccc1C(=O)N1CCC(Oc2ccccc2)(C(=O)O)CC1. The fourth-order valence-corrected chi connectivity index (χ4v) is 3.09. The molecule has 7 nitrogen and oxygen atoms in total. The molecule has 2 heterocycles. The maximum Gasteiger partial charge on any atom is 0.348 e. The molecule has 1 saturated heterocycles. The highest BCUT2D eigenvalue weighted by Crippen LogP contribution is 2.30. The number of piperidine rings is 1. The van der Waals surface area contributed by atoms with E-state index in [9.17, 15) is 14.7 Å². The summed E-state index contributed by atoms with van der Waals surface area (Å²) in [6, 6.07) is 12.3. The number of carbonyl (C=O) groups is 2. The van der Waals surface area contributed by atoms with E-state index in [1.54, 1.807) is 54.5 Å². The third-order valence-corrected chi connectivity index (χ3v) is 4.58. The highest BCUT2D eigenvalue weighted by Gasteiger charge is 2.45. The lowest BCUT2D eigenvalue weighted by molar-refractivity contribution is -0.159. The molecule has 1 aliphatic rings. The fourth-order valence-electron chi connectivity index (χ4n) is 3.09. The molecule has 0 atom stereocenters. The average molecular weight is 355 g/mol. The van der Waals surface area contributed by atoms with Gasteiger partial charge in [0, 0.05) is 39.2 Å². The first-order valence-corrected chi connectivity index (χ1v) is 8.45. The van der Waals surface area contributed by atoms with Crippen LogP contribution in [0.15, 0.2) is 48.7 Å². The van der Waals surface area contributed by atoms with Gasteiger partial charge in [0.1, 0.15) is 11.6 Å². The summed E-state index contributed by atoms with van der Waals surface area (Å²) in [4.78, 5) is 30.5. The van der Waals surface area contributed by atoms with Gasteiger partial charge in [0.05, 0.1) is 5.56 Å². The number of nitrogens with one attached hydrogen (secondary N) is 1. The molecule has 1 fully saturated rings. The minimum absolute atomic E-state index is 0.166. The van der Waals surface area contributed by atoms with E-state index in [-0.39, 0.29) is 18.7 Å². The quantitative estimate of drug-likeness (QED) is 0.855. The zero-order valence-corrected chi connectivity index (χ0v) is 14.5. The van der Waals surface area contributed by atoms with Crippen molar-refractivity contribution in [3.8, 4) is 5.75 Å². The van der Waals surface area contributed by atoms with E-state index in [4.69, 9.17) is 4.74 Å². The van der Waals surface area contributed by atoms with Gasteiger partial charge in [-0.05, 0) is 24.3 Å². The van der Waals surface area contributed by atoms with Gasteiger partial charge < -0.3 is 20.1 Å². The Hall–Kier alpha value is -3.09. The van der Waals surface area contributed by atoms with E-state index in [0.29, 0.717) is 30.2 Å². The molecule has 136 valence electrons. The van der Waals surface area contributed by atoms with Gasteiger partial charge in [-0.25, -0.2) is 9.78 Å². The molecule has 0 saturated carbocycles. The Kier molecular flexibility index (Phi) is 5.06. The van der Waals surface area contributed by atoms with Crippen molar-refractivity contribution >= 4 is 17.7 Å². The summed E-state index contributed by atoms with van der Waals surface area (Å²) in [6.45, 7) is 0.603. The van der Waals surface area contributed by atoms with E-state index in [1.807, 2.05) is 6.07 Å². The number of ether oxygens (including phenoxy) is 1. The Bertz CT molecular complexity index is 786. The first kappa shape index (κ1) is 17.7. The minimum Gasteiger partial charge on any atom is -0.478 e. The lowest BCUT2D eigenvalue weighted by atomic mass is 9.90. The fraction of sp³-hybridized carbons (Fsp3) is 0.316. The molecule has 0 aliphatic carbocycles. The van der Waals surface area contributed by atoms with E-state index in [2.05, 4.69) is 10.3 Å². The summed E-state index contributed by atoms with van der Waals surface area (Å²) in [5, 5.41) is 12.6. The number of likely N-dealkylation sites (tertiary alicyclic amines) is 1. The summed E-state index contributed by atoms with van der Waals surface area (Å²) in [6.07, 6.45) is 2.05. The van der Waals surface area contributed by atoms with Gasteiger partial charge in [-0.15, -0.1) is 0 Å². The van der Waals surface area contributed by atoms with Crippen LogP contribution in [0.3, 0.4) is 0 Å². The monoisotopic (exact) mass is 355 g/mol. The van der Waals surface area contributed by atoms with Gasteiger partial charge >= 0.3 is 5.97 Å². The predicted octanol–water partition coefficient (Wildman–Crippen LogP) is 2.26. The van der Waals surface area contributed by atoms with Gasteiger partial charge in [0.15, 0.2) is 0 Å². The van der Waals surface area contributed by atoms with E-state index in [0.717, 1.165) is 0 Å². The average Bonchev–Trinajstić information content (AvgIpc) is 2.68. The Labute approximate surface area is 151 Å². The number of rotatable bonds is 5. The number of benzene rings is 1. The molecule has 2 aromatic rings. The highest BCUT2D eigenvalue weighted by molar-refractivity contribution is 5.98. The van der Waals surface area contributed by atoms with E-state index in [1.165, 1.54) is 0 Å². The highest BCUT2D eigenvalue weighted by atomic mass is 16.5. The Morgan fingerprint density at radius 2 is 1.85 bits per heavy atom. The van der Waals surface area contributed by atoms with Crippen molar-refractivity contribution in [2.24, 2.45) is 0 Å². The van der Waals surface area contributed by atoms with Crippen molar-refractivity contribution in [2.75, 3.05) is 25.5 Å². The maximum absolute atomic E-state index is 12.8. The number of aromatic nitrogens is 1. The lowest BCUT2D eigenvalue weighted by Gasteiger charge is -2.39. The number of hydrogen-bond acceptors (Lipinski definition) is 5. The standard InChI is InChI=1S/C19H21N3O4/c1-20-16-15(8-5-11-21-16)17(23)22-12-9-19(10-13-22,18(24)25)26-14-6-3-2-4-7-14/h2-8,11H,9-10,12-13H2,1H3,(H,20,21)(H,24,25). The van der Waals surface area contributed by atoms with Crippen LogP contribution in [-0.2, 0) is 4.79 Å². The first-order valence-electron chi connectivity index (χ1n) is 8.45. The zero-order valence-electron chi connectivity index (χ0n) is 14.5. The van der Waals surface area contributed by atoms with Crippen LogP contribution < -0.4 is 10.1 Å². The van der Waals surface area contributed by atoms with Crippen LogP contribution in [0.4, 0.5) is 5.82 Å². The molecule has 2 N–H and O–H groups in total. The normalized spacial score (nSPS) is 16.0. The Morgan fingerprint density at radius 1 is 1.15 bits per heavy atom. The van der Waals surface area contributed by atoms with Crippen LogP contribution in [0.5, 0.6) is 5.75 Å². The molecular weight excluding hydrogens is 334 g/mol. The van der Waals surface area contributed by atoms with Crippen molar-refractivity contribution in [1.82, 2.24) is 9.88 Å². The molecule has 0 spiro atoms. The molecule has 1 aromatic heterocycles. The van der Waals surface area contributed by atoms with Crippen LogP contribution in [0.25, 0.3) is 0 Å². The summed E-state index contributed by atoms with van der Waals surface area (Å²) in [5.74, 6) is -0.153. The molecule has 0 radical (unpaired) electrons. The van der Waals surface area contributed by atoms with Crippen molar-refractivity contribution < 1.29 is 19.4 Å². The Balaban J connectivity index is 1.74. The smallest absolute Gasteiger partial charge is 0.348 e. The summed E-state index contributed by atoms with van der Waals surface area (Å²) < 4.78 is 5.82. The van der Waals surface area contributed by atoms with Gasteiger partial charge in [0.2, 0.25) is 5.60 Å². The largest absolute Gasteiger partial charge is 0.478 e. The molecule has 3 rings (SSSR count). The van der Waals surface area contributed by atoms with Crippen molar-refractivity contribution in [2.45, 2.75) is 18.4 Å². The molecule has 1 aromatic carbocycles. The van der Waals surface area contributed by atoms with E-state index < -0.39 is 11.6 Å². The van der Waals surface area contributed by atoms with Crippen molar-refractivity contribution in [3.63, 3.8) is 0 Å². The van der Waals surface area contributed by atoms with Crippen LogP contribution in [-0.4, -0.2) is 52.6 Å². The molecule has 1 amide bonds. The molecule has 26 heavy (non-hydrogen) atoms. The zero-order chi connectivity index (χ0) is 18.6. The number of hydrogen-bond donors (Lipinski definition) is 2. The maximum atomic E-state index is 12.8. The molecule has 1 aliphatic heterocycles. The second-order valence-corrected chi connectivity index (χ2v) is 6.16. The first-order chi connectivity index (χ1) is 12.6. The molecule has 0 unspecified atom stereocenters. The summed E-state index contributed by atoms with van der Waals surface area (Å²) in [5.41, 5.74) is -0.847. The second kappa shape index (κ2) is 7.43. The van der Waals surface area contributed by atoms with Gasteiger partial charge in [-0.1, -0.05) is 18.2 Å². The number of carboxylic acid groups (broad SMARTS) is 1. The predicted molar refractivity (Wildman–Crippen MR) is 96.4 cm³/mol. The van der Waals surface area contributed by atoms with Crippen molar-refractivity contribution in [1.29, 1.82) is 0 Å². The number of carboxylic acids is 1. The second-order valence-electron chi connectivity index (χ2n) is 6.16. The third-order valence-electron chi connectivity index (χ3n) is 4.58. The third kappa shape index (κ3) is 3.46. The number of nitrogens with zero attached hydrogens (tertiary/aromatic N) is 2. The molecule has 7 heteroatoms.